The number of phenolic OH excluding ortho intramolecular Hbond substituents is 1. The molecule has 1 rings (SSSR count). The van der Waals surface area contributed by atoms with E-state index < -0.39 is 10.1 Å². The Morgan fingerprint density at radius 1 is 1.25 bits per heavy atom. The van der Waals surface area contributed by atoms with E-state index in [2.05, 4.69) is 3.01 Å². The summed E-state index contributed by atoms with van der Waals surface area (Å²) in [5.41, 5.74) is 0. The molecule has 0 aliphatic rings. The van der Waals surface area contributed by atoms with Gasteiger partial charge < -0.3 is 0 Å². The Hall–Kier alpha value is -0.447. The predicted octanol–water partition coefficient (Wildman–Crippen LogP) is 0.559. The van der Waals surface area contributed by atoms with E-state index in [1.165, 1.54) is 24.3 Å². The second-order valence-corrected chi connectivity index (χ2v) is 5.16. The van der Waals surface area contributed by atoms with Crippen LogP contribution in [0.5, 0.6) is 5.75 Å². The van der Waals surface area contributed by atoms with Crippen LogP contribution in [0.2, 0.25) is 0 Å². The van der Waals surface area contributed by atoms with Crippen molar-refractivity contribution < 1.29 is 35.2 Å². The summed E-state index contributed by atoms with van der Waals surface area (Å²) in [6.07, 6.45) is 0. The summed E-state index contributed by atoms with van der Waals surface area (Å²) in [5.74, 6) is 0.0288. The maximum absolute atomic E-state index is 11.0. The van der Waals surface area contributed by atoms with Crippen molar-refractivity contribution in [1.82, 2.24) is 0 Å². The number of benzene rings is 1. The van der Waals surface area contributed by atoms with Crippen molar-refractivity contribution in [3.63, 3.8) is 0 Å². The van der Waals surface area contributed by atoms with Gasteiger partial charge in [0.1, 0.15) is 0 Å². The zero-order chi connectivity index (χ0) is 9.19. The van der Waals surface area contributed by atoms with E-state index in [0.29, 0.717) is 0 Å². The molecule has 0 unspecified atom stereocenters. The van der Waals surface area contributed by atoms with Crippen LogP contribution in [0, 0.1) is 0 Å². The Morgan fingerprint density at radius 2 is 1.75 bits per heavy atom. The predicted molar refractivity (Wildman–Crippen MR) is 36.4 cm³/mol. The number of hydrogen-bond acceptors (Lipinski definition) is 4. The zero-order valence-corrected chi connectivity index (χ0v) is 9.88. The monoisotopic (exact) mass is 237 g/mol. The molecule has 4 nitrogen and oxygen atoms in total. The third-order valence-corrected chi connectivity index (χ3v) is 4.39. The fraction of sp³-hybridized carbons (Fsp3) is 0. The van der Waals surface area contributed by atoms with Gasteiger partial charge in [-0.25, -0.2) is 0 Å². The van der Waals surface area contributed by atoms with Crippen molar-refractivity contribution in [2.75, 3.05) is 0 Å². The topological polar surface area (TPSA) is 63.6 Å². The first-order valence-electron chi connectivity index (χ1n) is 3.04. The fourth-order valence-corrected chi connectivity index (χ4v) is 2.14. The molecule has 1 aromatic carbocycles. The number of rotatable bonds is 2. The van der Waals surface area contributed by atoms with Crippen LogP contribution in [0.25, 0.3) is 0 Å². The van der Waals surface area contributed by atoms with Gasteiger partial charge in [-0.15, -0.1) is 0 Å². The van der Waals surface area contributed by atoms with Gasteiger partial charge in [0.2, 0.25) is 0 Å². The normalized spacial score (nSPS) is 11.5. The average Bonchev–Trinajstić information content (AvgIpc) is 2.05. The first kappa shape index (κ1) is 9.64. The Morgan fingerprint density at radius 3 is 2.17 bits per heavy atom. The third kappa shape index (κ3) is 2.03. The van der Waals surface area contributed by atoms with Crippen molar-refractivity contribution in [3.8, 4) is 5.75 Å². The van der Waals surface area contributed by atoms with Crippen molar-refractivity contribution in [2.24, 2.45) is 0 Å². The van der Waals surface area contributed by atoms with E-state index in [9.17, 15) is 8.42 Å². The molecule has 1 aromatic rings. The molecule has 0 saturated heterocycles. The van der Waals surface area contributed by atoms with E-state index in [4.69, 9.17) is 5.11 Å². The molecule has 0 aliphatic carbocycles. The summed E-state index contributed by atoms with van der Waals surface area (Å²) in [6, 6.07) is 5.18. The van der Waals surface area contributed by atoms with E-state index >= 15 is 0 Å². The molecular formula is C6H5O4SZn. The van der Waals surface area contributed by atoms with Gasteiger partial charge >= 0.3 is 80.2 Å². The molecule has 0 aromatic heterocycles. The van der Waals surface area contributed by atoms with Gasteiger partial charge in [0, 0.05) is 0 Å². The van der Waals surface area contributed by atoms with Gasteiger partial charge in [-0.2, -0.15) is 0 Å². The van der Waals surface area contributed by atoms with Crippen molar-refractivity contribution >= 4 is 10.1 Å². The van der Waals surface area contributed by atoms with Crippen LogP contribution in [0.1, 0.15) is 0 Å². The molecule has 0 atom stereocenters. The first-order chi connectivity index (χ1) is 5.56. The number of aromatic hydroxyl groups is 1. The maximum atomic E-state index is 11.0. The van der Waals surface area contributed by atoms with Gasteiger partial charge in [0.05, 0.1) is 0 Å². The van der Waals surface area contributed by atoms with Gasteiger partial charge in [0.25, 0.3) is 0 Å². The molecule has 0 heterocycles. The van der Waals surface area contributed by atoms with Crippen LogP contribution in [0.4, 0.5) is 0 Å². The quantitative estimate of drug-likeness (QED) is 0.765. The standard InChI is InChI=1S/C6H6O4S.Zn/c7-5-1-3-6(4-2-5)11(8,9)10;/h1-4,7H,(H,8,9,10);/q;+1/p-1. The van der Waals surface area contributed by atoms with Gasteiger partial charge in [-0.3, -0.25) is 0 Å². The fourth-order valence-electron chi connectivity index (χ4n) is 0.681. The third-order valence-electron chi connectivity index (χ3n) is 1.28. The molecule has 0 spiro atoms. The van der Waals surface area contributed by atoms with E-state index in [1.807, 2.05) is 0 Å². The second-order valence-electron chi connectivity index (χ2n) is 2.07. The van der Waals surface area contributed by atoms with Gasteiger partial charge in [-0.05, 0) is 0 Å². The summed E-state index contributed by atoms with van der Waals surface area (Å²) >= 11 is 0.225. The molecule has 12 heavy (non-hydrogen) atoms. The van der Waals surface area contributed by atoms with Crippen LogP contribution >= 0.6 is 0 Å². The minimum absolute atomic E-state index is 0.0288. The van der Waals surface area contributed by atoms with Crippen molar-refractivity contribution in [2.45, 2.75) is 4.90 Å². The summed E-state index contributed by atoms with van der Waals surface area (Å²) in [4.78, 5) is 0.0616. The average molecular weight is 239 g/mol. The van der Waals surface area contributed by atoms with Crippen LogP contribution in [0.3, 0.4) is 0 Å². The van der Waals surface area contributed by atoms with Crippen LogP contribution in [-0.2, 0) is 31.8 Å². The van der Waals surface area contributed by atoms with Gasteiger partial charge in [-0.1, -0.05) is 0 Å². The summed E-state index contributed by atoms with van der Waals surface area (Å²) in [5, 5.41) is 8.87. The molecule has 0 radical (unpaired) electrons. The Balaban J connectivity index is 3.14. The Bertz CT molecular complexity index is 356. The molecule has 1 N–H and O–H groups in total. The van der Waals surface area contributed by atoms with Crippen molar-refractivity contribution in [3.05, 3.63) is 24.3 Å². The molecule has 61 valence electrons. The summed E-state index contributed by atoms with van der Waals surface area (Å²) in [6.45, 7) is 0. The number of phenols is 1. The molecular weight excluding hydrogens is 234 g/mol. The van der Waals surface area contributed by atoms with Crippen LogP contribution in [0.15, 0.2) is 29.2 Å². The molecule has 0 aliphatic heterocycles. The summed E-state index contributed by atoms with van der Waals surface area (Å²) < 4.78 is 26.5. The van der Waals surface area contributed by atoms with E-state index in [0.717, 1.165) is 0 Å². The SMILES string of the molecule is O=S(=O)([O][Zn])c1ccc(O)cc1. The Kier molecular flexibility index (Phi) is 2.82. The van der Waals surface area contributed by atoms with E-state index in [-0.39, 0.29) is 29.3 Å². The molecule has 0 fully saturated rings. The van der Waals surface area contributed by atoms with Crippen LogP contribution in [-0.4, -0.2) is 13.5 Å². The minimum atomic E-state index is -3.57. The van der Waals surface area contributed by atoms with E-state index in [1.54, 1.807) is 0 Å². The molecule has 6 heteroatoms. The Labute approximate surface area is 80.4 Å². The first-order valence-corrected chi connectivity index (χ1v) is 5.66. The van der Waals surface area contributed by atoms with Crippen molar-refractivity contribution in [1.29, 1.82) is 0 Å². The van der Waals surface area contributed by atoms with Crippen LogP contribution < -0.4 is 0 Å². The zero-order valence-electron chi connectivity index (χ0n) is 6.10. The number of hydrogen-bond donors (Lipinski definition) is 1. The summed E-state index contributed by atoms with van der Waals surface area (Å²) in [7, 11) is -3.57. The second kappa shape index (κ2) is 3.52. The molecule has 0 saturated carbocycles. The van der Waals surface area contributed by atoms with Gasteiger partial charge in [0.15, 0.2) is 0 Å². The molecule has 0 bridgehead atoms. The molecule has 0 amide bonds.